The number of unbranched alkanes of at least 4 members (excludes halogenated alkanes) is 1. The van der Waals surface area contributed by atoms with Crippen LogP contribution in [0.2, 0.25) is 0 Å². The molecule has 0 spiro atoms. The second-order valence-corrected chi connectivity index (χ2v) is 5.04. The van der Waals surface area contributed by atoms with Gasteiger partial charge in [-0.05, 0) is 44.3 Å². The fraction of sp³-hybridized carbons (Fsp3) is 0.600. The molecular weight excluding hydrogens is 208 g/mol. The van der Waals surface area contributed by atoms with E-state index in [-0.39, 0.29) is 0 Å². The van der Waals surface area contributed by atoms with Gasteiger partial charge in [-0.1, -0.05) is 36.8 Å². The summed E-state index contributed by atoms with van der Waals surface area (Å²) in [4.78, 5) is 2.64. The van der Waals surface area contributed by atoms with E-state index in [1.807, 2.05) is 0 Å². The highest BCUT2D eigenvalue weighted by Crippen LogP contribution is 2.23. The van der Waals surface area contributed by atoms with Crippen molar-refractivity contribution in [2.75, 3.05) is 13.1 Å². The molecule has 2 nitrogen and oxygen atoms in total. The molecule has 1 heterocycles. The smallest absolute Gasteiger partial charge is 0.0236 e. The van der Waals surface area contributed by atoms with Gasteiger partial charge in [-0.3, -0.25) is 4.90 Å². The van der Waals surface area contributed by atoms with Crippen molar-refractivity contribution in [2.24, 2.45) is 5.73 Å². The third kappa shape index (κ3) is 3.83. The molecule has 0 radical (unpaired) electrons. The molecule has 1 aromatic rings. The van der Waals surface area contributed by atoms with Crippen LogP contribution >= 0.6 is 0 Å². The third-order valence-corrected chi connectivity index (χ3v) is 3.72. The third-order valence-electron chi connectivity index (χ3n) is 3.72. The van der Waals surface area contributed by atoms with Gasteiger partial charge in [0.25, 0.3) is 0 Å². The van der Waals surface area contributed by atoms with Crippen LogP contribution < -0.4 is 5.73 Å². The molecule has 1 saturated heterocycles. The van der Waals surface area contributed by atoms with E-state index in [9.17, 15) is 0 Å². The summed E-state index contributed by atoms with van der Waals surface area (Å²) >= 11 is 0. The lowest BCUT2D eigenvalue weighted by molar-refractivity contribution is 0.231. The topological polar surface area (TPSA) is 29.3 Å². The lowest BCUT2D eigenvalue weighted by Gasteiger charge is -2.24. The summed E-state index contributed by atoms with van der Waals surface area (Å²) in [5.74, 6) is 0. The van der Waals surface area contributed by atoms with E-state index in [0.717, 1.165) is 19.1 Å². The van der Waals surface area contributed by atoms with E-state index in [0.29, 0.717) is 0 Å². The quantitative estimate of drug-likeness (QED) is 0.764. The Labute approximate surface area is 105 Å². The fourth-order valence-electron chi connectivity index (χ4n) is 2.77. The van der Waals surface area contributed by atoms with Crippen LogP contribution in [-0.2, 0) is 6.54 Å². The van der Waals surface area contributed by atoms with E-state index < -0.39 is 0 Å². The summed E-state index contributed by atoms with van der Waals surface area (Å²) in [6.45, 7) is 3.22. The minimum absolute atomic E-state index is 0.793. The lowest BCUT2D eigenvalue weighted by Crippen LogP contribution is -2.28. The van der Waals surface area contributed by atoms with Crippen LogP contribution in [0, 0.1) is 0 Å². The molecule has 1 fully saturated rings. The molecule has 0 saturated carbocycles. The second-order valence-electron chi connectivity index (χ2n) is 5.04. The Kier molecular flexibility index (Phi) is 5.02. The monoisotopic (exact) mass is 232 g/mol. The van der Waals surface area contributed by atoms with Gasteiger partial charge in [0.2, 0.25) is 0 Å². The summed E-state index contributed by atoms with van der Waals surface area (Å²) in [6.07, 6.45) is 6.52. The Bertz CT molecular complexity index is 310. The standard InChI is InChI=1S/C15H24N2/c16-11-5-4-9-15-10-6-12-17(15)13-14-7-2-1-3-8-14/h1-3,7-8,15H,4-6,9-13,16H2/t15-/m1/s1. The molecule has 2 rings (SSSR count). The van der Waals surface area contributed by atoms with Crippen molar-refractivity contribution in [1.29, 1.82) is 0 Å². The molecule has 0 amide bonds. The molecule has 2 N–H and O–H groups in total. The number of nitrogens with two attached hydrogens (primary N) is 1. The van der Waals surface area contributed by atoms with Crippen molar-refractivity contribution in [3.8, 4) is 0 Å². The molecule has 0 aromatic heterocycles. The number of benzene rings is 1. The highest BCUT2D eigenvalue weighted by Gasteiger charge is 2.23. The fourth-order valence-corrected chi connectivity index (χ4v) is 2.77. The highest BCUT2D eigenvalue weighted by atomic mass is 15.2. The maximum absolute atomic E-state index is 5.56. The Morgan fingerprint density at radius 3 is 2.76 bits per heavy atom. The van der Waals surface area contributed by atoms with Crippen molar-refractivity contribution >= 4 is 0 Å². The summed E-state index contributed by atoms with van der Waals surface area (Å²) < 4.78 is 0. The zero-order valence-electron chi connectivity index (χ0n) is 10.6. The average molecular weight is 232 g/mol. The summed E-state index contributed by atoms with van der Waals surface area (Å²) in [7, 11) is 0. The van der Waals surface area contributed by atoms with Crippen LogP contribution in [0.1, 0.15) is 37.7 Å². The molecule has 1 aliphatic heterocycles. The van der Waals surface area contributed by atoms with Gasteiger partial charge in [0, 0.05) is 12.6 Å². The predicted octanol–water partition coefficient (Wildman–Crippen LogP) is 2.78. The molecule has 1 aromatic carbocycles. The van der Waals surface area contributed by atoms with Crippen LogP contribution in [0.5, 0.6) is 0 Å². The Morgan fingerprint density at radius 1 is 1.18 bits per heavy atom. The van der Waals surface area contributed by atoms with Crippen molar-refractivity contribution in [1.82, 2.24) is 4.90 Å². The van der Waals surface area contributed by atoms with E-state index in [1.165, 1.54) is 44.2 Å². The largest absolute Gasteiger partial charge is 0.330 e. The SMILES string of the molecule is NCCCC[C@@H]1CCCN1Cc1ccccc1. The Hall–Kier alpha value is -0.860. The van der Waals surface area contributed by atoms with Crippen LogP contribution in [0.3, 0.4) is 0 Å². The highest BCUT2D eigenvalue weighted by molar-refractivity contribution is 5.14. The van der Waals surface area contributed by atoms with Crippen LogP contribution in [0.15, 0.2) is 30.3 Å². The zero-order chi connectivity index (χ0) is 11.9. The number of rotatable bonds is 6. The van der Waals surface area contributed by atoms with Gasteiger partial charge in [-0.15, -0.1) is 0 Å². The number of likely N-dealkylation sites (tertiary alicyclic amines) is 1. The maximum Gasteiger partial charge on any atom is 0.0236 e. The van der Waals surface area contributed by atoms with Gasteiger partial charge in [-0.25, -0.2) is 0 Å². The molecule has 0 unspecified atom stereocenters. The molecule has 17 heavy (non-hydrogen) atoms. The molecule has 94 valence electrons. The van der Waals surface area contributed by atoms with E-state index in [2.05, 4.69) is 35.2 Å². The number of nitrogens with zero attached hydrogens (tertiary/aromatic N) is 1. The van der Waals surface area contributed by atoms with Gasteiger partial charge < -0.3 is 5.73 Å². The number of hydrogen-bond donors (Lipinski definition) is 1. The van der Waals surface area contributed by atoms with Gasteiger partial charge in [0.05, 0.1) is 0 Å². The zero-order valence-corrected chi connectivity index (χ0v) is 10.6. The summed E-state index contributed by atoms with van der Waals surface area (Å²) in [5, 5.41) is 0. The van der Waals surface area contributed by atoms with Crippen molar-refractivity contribution in [2.45, 2.75) is 44.7 Å². The van der Waals surface area contributed by atoms with Gasteiger partial charge >= 0.3 is 0 Å². The first-order valence-electron chi connectivity index (χ1n) is 6.88. The van der Waals surface area contributed by atoms with E-state index in [4.69, 9.17) is 5.73 Å². The summed E-state index contributed by atoms with van der Waals surface area (Å²) in [5.41, 5.74) is 7.00. The normalized spacial score (nSPS) is 20.9. The van der Waals surface area contributed by atoms with Crippen LogP contribution in [0.4, 0.5) is 0 Å². The molecule has 1 atom stereocenters. The minimum Gasteiger partial charge on any atom is -0.330 e. The van der Waals surface area contributed by atoms with Crippen molar-refractivity contribution < 1.29 is 0 Å². The first-order valence-corrected chi connectivity index (χ1v) is 6.88. The van der Waals surface area contributed by atoms with Gasteiger partial charge in [0.15, 0.2) is 0 Å². The average Bonchev–Trinajstić information content (AvgIpc) is 2.79. The second kappa shape index (κ2) is 6.77. The molecule has 1 aliphatic rings. The minimum atomic E-state index is 0.793. The summed E-state index contributed by atoms with van der Waals surface area (Å²) in [6, 6.07) is 11.6. The first kappa shape index (κ1) is 12.6. The molecular formula is C15H24N2. The Morgan fingerprint density at radius 2 is 2.00 bits per heavy atom. The van der Waals surface area contributed by atoms with Crippen molar-refractivity contribution in [3.05, 3.63) is 35.9 Å². The van der Waals surface area contributed by atoms with Gasteiger partial charge in [-0.2, -0.15) is 0 Å². The predicted molar refractivity (Wildman–Crippen MR) is 72.8 cm³/mol. The van der Waals surface area contributed by atoms with E-state index in [1.54, 1.807) is 0 Å². The first-order chi connectivity index (χ1) is 8.40. The molecule has 0 aliphatic carbocycles. The maximum atomic E-state index is 5.56. The Balaban J connectivity index is 1.82. The molecule has 0 bridgehead atoms. The van der Waals surface area contributed by atoms with Crippen molar-refractivity contribution in [3.63, 3.8) is 0 Å². The molecule has 2 heteroatoms. The van der Waals surface area contributed by atoms with Crippen LogP contribution in [0.25, 0.3) is 0 Å². The number of hydrogen-bond acceptors (Lipinski definition) is 2. The lowest BCUT2D eigenvalue weighted by atomic mass is 10.1. The van der Waals surface area contributed by atoms with E-state index >= 15 is 0 Å². The van der Waals surface area contributed by atoms with Crippen LogP contribution in [-0.4, -0.2) is 24.0 Å². The van der Waals surface area contributed by atoms with Gasteiger partial charge in [0.1, 0.15) is 0 Å².